The van der Waals surface area contributed by atoms with E-state index in [2.05, 4.69) is 10.3 Å². The predicted octanol–water partition coefficient (Wildman–Crippen LogP) is 2.52. The average Bonchev–Trinajstić information content (AvgIpc) is 2.58. The summed E-state index contributed by atoms with van der Waals surface area (Å²) in [5, 5.41) is 2.88. The number of alkyl carbamates (subject to hydrolysis) is 1. The third kappa shape index (κ3) is 7.77. The number of ether oxygens (including phenoxy) is 2. The van der Waals surface area contributed by atoms with Crippen molar-refractivity contribution in [3.05, 3.63) is 35.9 Å². The van der Waals surface area contributed by atoms with Crippen molar-refractivity contribution in [3.8, 4) is 0 Å². The number of rotatable bonds is 4. The van der Waals surface area contributed by atoms with Gasteiger partial charge in [0, 0.05) is 13.1 Å². The molecule has 0 aromatic heterocycles. The molecule has 0 bridgehead atoms. The molecule has 1 aromatic rings. The minimum absolute atomic E-state index is 0. The van der Waals surface area contributed by atoms with E-state index in [1.165, 1.54) is 0 Å². The van der Waals surface area contributed by atoms with Gasteiger partial charge in [-0.1, -0.05) is 30.3 Å². The molecule has 1 saturated heterocycles. The van der Waals surface area contributed by atoms with Gasteiger partial charge in [-0.15, -0.1) is 24.0 Å². The molecule has 0 spiro atoms. The monoisotopic (exact) mass is 476 g/mol. The molecule has 1 aromatic carbocycles. The molecule has 0 saturated carbocycles. The van der Waals surface area contributed by atoms with Crippen LogP contribution in [0, 0.1) is 0 Å². The van der Waals surface area contributed by atoms with E-state index in [-0.39, 0.29) is 30.0 Å². The fourth-order valence-corrected chi connectivity index (χ4v) is 2.45. The van der Waals surface area contributed by atoms with Crippen molar-refractivity contribution in [2.45, 2.75) is 32.4 Å². The number of benzene rings is 1. The summed E-state index contributed by atoms with van der Waals surface area (Å²) in [6, 6.07) is 9.36. The van der Waals surface area contributed by atoms with Gasteiger partial charge >= 0.3 is 6.09 Å². The summed E-state index contributed by atoms with van der Waals surface area (Å²) in [7, 11) is 0. The van der Waals surface area contributed by atoms with Crippen LogP contribution in [-0.4, -0.2) is 55.4 Å². The maximum absolute atomic E-state index is 12.1. The zero-order valence-corrected chi connectivity index (χ0v) is 17.9. The van der Waals surface area contributed by atoms with Crippen molar-refractivity contribution in [2.24, 2.45) is 10.7 Å². The van der Waals surface area contributed by atoms with Crippen LogP contribution >= 0.6 is 24.0 Å². The molecule has 26 heavy (non-hydrogen) atoms. The Morgan fingerprint density at radius 1 is 1.31 bits per heavy atom. The minimum atomic E-state index is -0.554. The lowest BCUT2D eigenvalue weighted by Crippen LogP contribution is -2.45. The Kier molecular flexibility index (Phi) is 9.14. The SMILES string of the molecule is CC(C)(C)OC(=O)NC(CN=C(N)N1CCOCC1)c1ccccc1.I. The highest BCUT2D eigenvalue weighted by Gasteiger charge is 2.21. The molecule has 1 heterocycles. The Labute approximate surface area is 172 Å². The second-order valence-corrected chi connectivity index (χ2v) is 6.91. The van der Waals surface area contributed by atoms with Gasteiger partial charge in [0.1, 0.15) is 5.60 Å². The van der Waals surface area contributed by atoms with Crippen LogP contribution in [0.5, 0.6) is 0 Å². The summed E-state index contributed by atoms with van der Waals surface area (Å²) < 4.78 is 10.7. The number of halogens is 1. The topological polar surface area (TPSA) is 89.2 Å². The number of nitrogens with zero attached hydrogens (tertiary/aromatic N) is 2. The van der Waals surface area contributed by atoms with E-state index in [0.717, 1.165) is 18.7 Å². The van der Waals surface area contributed by atoms with E-state index in [9.17, 15) is 4.79 Å². The van der Waals surface area contributed by atoms with Gasteiger partial charge in [-0.05, 0) is 26.3 Å². The smallest absolute Gasteiger partial charge is 0.408 e. The minimum Gasteiger partial charge on any atom is -0.444 e. The first kappa shape index (κ1) is 22.5. The fourth-order valence-electron chi connectivity index (χ4n) is 2.45. The van der Waals surface area contributed by atoms with Crippen molar-refractivity contribution >= 4 is 36.0 Å². The highest BCUT2D eigenvalue weighted by Crippen LogP contribution is 2.15. The van der Waals surface area contributed by atoms with Gasteiger partial charge in [0.05, 0.1) is 25.8 Å². The summed E-state index contributed by atoms with van der Waals surface area (Å²) in [6.07, 6.45) is -0.471. The Balaban J connectivity index is 0.00000338. The molecule has 1 fully saturated rings. The van der Waals surface area contributed by atoms with Crippen LogP contribution in [0.15, 0.2) is 35.3 Å². The van der Waals surface area contributed by atoms with Gasteiger partial charge in [-0.2, -0.15) is 0 Å². The summed E-state index contributed by atoms with van der Waals surface area (Å²) in [4.78, 5) is 18.6. The van der Waals surface area contributed by atoms with Gasteiger partial charge in [-0.3, -0.25) is 4.99 Å². The maximum atomic E-state index is 12.1. The van der Waals surface area contributed by atoms with Crippen molar-refractivity contribution in [2.75, 3.05) is 32.8 Å². The van der Waals surface area contributed by atoms with Gasteiger partial charge in [-0.25, -0.2) is 4.79 Å². The third-order valence-corrected chi connectivity index (χ3v) is 3.66. The fraction of sp³-hybridized carbons (Fsp3) is 0.556. The molecule has 146 valence electrons. The summed E-state index contributed by atoms with van der Waals surface area (Å²) in [5.41, 5.74) is 6.48. The summed E-state index contributed by atoms with van der Waals surface area (Å²) >= 11 is 0. The molecule has 1 atom stereocenters. The van der Waals surface area contributed by atoms with E-state index in [4.69, 9.17) is 15.2 Å². The Morgan fingerprint density at radius 3 is 2.50 bits per heavy atom. The number of morpholine rings is 1. The van der Waals surface area contributed by atoms with Crippen molar-refractivity contribution in [1.82, 2.24) is 10.2 Å². The van der Waals surface area contributed by atoms with Crippen molar-refractivity contribution < 1.29 is 14.3 Å². The molecule has 0 radical (unpaired) electrons. The predicted molar refractivity (Wildman–Crippen MR) is 113 cm³/mol. The van der Waals surface area contributed by atoms with Crippen molar-refractivity contribution in [3.63, 3.8) is 0 Å². The van der Waals surface area contributed by atoms with Gasteiger partial charge in [0.25, 0.3) is 0 Å². The second kappa shape index (κ2) is 10.6. The van der Waals surface area contributed by atoms with Crippen LogP contribution in [0.3, 0.4) is 0 Å². The van der Waals surface area contributed by atoms with E-state index >= 15 is 0 Å². The first-order valence-corrected chi connectivity index (χ1v) is 8.52. The molecule has 1 aliphatic rings. The Morgan fingerprint density at radius 2 is 1.92 bits per heavy atom. The van der Waals surface area contributed by atoms with Gasteiger partial charge in [0.2, 0.25) is 0 Å². The largest absolute Gasteiger partial charge is 0.444 e. The second-order valence-electron chi connectivity index (χ2n) is 6.91. The molecule has 2 rings (SSSR count). The zero-order chi connectivity index (χ0) is 18.3. The first-order valence-electron chi connectivity index (χ1n) is 8.52. The Hall–Kier alpha value is -1.55. The number of amides is 1. The molecular formula is C18H29IN4O3. The molecule has 1 amide bonds. The van der Waals surface area contributed by atoms with E-state index in [0.29, 0.717) is 25.7 Å². The molecule has 1 aliphatic heterocycles. The van der Waals surface area contributed by atoms with Crippen LogP contribution in [0.2, 0.25) is 0 Å². The maximum Gasteiger partial charge on any atom is 0.408 e. The number of aliphatic imine (C=N–C) groups is 1. The van der Waals surface area contributed by atoms with Crippen molar-refractivity contribution in [1.29, 1.82) is 0 Å². The number of nitrogens with two attached hydrogens (primary N) is 1. The number of carbonyl (C=O) groups excluding carboxylic acids is 1. The summed E-state index contributed by atoms with van der Waals surface area (Å²) in [5.74, 6) is 0.468. The normalized spacial score (nSPS) is 16.4. The molecule has 8 heteroatoms. The number of hydrogen-bond donors (Lipinski definition) is 2. The molecule has 3 N–H and O–H groups in total. The van der Waals surface area contributed by atoms with E-state index in [1.54, 1.807) is 0 Å². The lowest BCUT2D eigenvalue weighted by molar-refractivity contribution is 0.0505. The lowest BCUT2D eigenvalue weighted by atomic mass is 10.1. The van der Waals surface area contributed by atoms with Gasteiger partial charge in [0.15, 0.2) is 5.96 Å². The number of nitrogens with one attached hydrogen (secondary N) is 1. The van der Waals surface area contributed by atoms with Crippen LogP contribution in [-0.2, 0) is 9.47 Å². The molecular weight excluding hydrogens is 447 g/mol. The van der Waals surface area contributed by atoms with E-state index in [1.807, 2.05) is 56.0 Å². The number of guanidine groups is 1. The van der Waals surface area contributed by atoms with Gasteiger partial charge < -0.3 is 25.4 Å². The van der Waals surface area contributed by atoms with Crippen LogP contribution in [0.25, 0.3) is 0 Å². The van der Waals surface area contributed by atoms with Crippen LogP contribution < -0.4 is 11.1 Å². The highest BCUT2D eigenvalue weighted by atomic mass is 127. The molecule has 7 nitrogen and oxygen atoms in total. The molecule has 0 aliphatic carbocycles. The van der Waals surface area contributed by atoms with Crippen LogP contribution in [0.4, 0.5) is 4.79 Å². The summed E-state index contributed by atoms with van der Waals surface area (Å²) in [6.45, 7) is 8.58. The number of carbonyl (C=O) groups is 1. The number of hydrogen-bond acceptors (Lipinski definition) is 4. The first-order chi connectivity index (χ1) is 11.8. The zero-order valence-electron chi connectivity index (χ0n) is 15.6. The standard InChI is InChI=1S/C18H28N4O3.HI/c1-18(2,3)25-17(23)21-15(14-7-5-4-6-8-14)13-20-16(19)22-9-11-24-12-10-22;/h4-8,15H,9-13H2,1-3H3,(H2,19,20)(H,21,23);1H. The Bertz CT molecular complexity index is 584. The molecule has 1 unspecified atom stereocenters. The quantitative estimate of drug-likeness (QED) is 0.396. The lowest BCUT2D eigenvalue weighted by Gasteiger charge is -2.28. The van der Waals surface area contributed by atoms with Crippen LogP contribution in [0.1, 0.15) is 32.4 Å². The highest BCUT2D eigenvalue weighted by molar-refractivity contribution is 14.0. The van der Waals surface area contributed by atoms with E-state index < -0.39 is 11.7 Å². The third-order valence-electron chi connectivity index (χ3n) is 3.66. The average molecular weight is 476 g/mol.